The summed E-state index contributed by atoms with van der Waals surface area (Å²) in [5.41, 5.74) is 11.7. The number of nitrogens with zero attached hydrogens (tertiary/aromatic N) is 1. The van der Waals surface area contributed by atoms with Crippen molar-refractivity contribution in [3.8, 4) is 0 Å². The number of benzene rings is 1. The average Bonchev–Trinajstić information content (AvgIpc) is 2.69. The third kappa shape index (κ3) is 2.08. The molecule has 0 amide bonds. The number of hydrogen-bond acceptors (Lipinski definition) is 3. The first-order valence-corrected chi connectivity index (χ1v) is 5.77. The molecule has 0 bridgehead atoms. The van der Waals surface area contributed by atoms with Crippen LogP contribution in [-0.4, -0.2) is 4.98 Å². The Labute approximate surface area is 93.8 Å². The second kappa shape index (κ2) is 4.13. The van der Waals surface area contributed by atoms with Crippen molar-refractivity contribution in [2.45, 2.75) is 19.9 Å². The predicted octanol–water partition coefficient (Wildman–Crippen LogP) is 2.81. The van der Waals surface area contributed by atoms with Crippen LogP contribution in [0.5, 0.6) is 0 Å². The molecule has 2 nitrogen and oxygen atoms in total. The van der Waals surface area contributed by atoms with Crippen LogP contribution >= 0.6 is 11.3 Å². The number of aromatic nitrogens is 1. The van der Waals surface area contributed by atoms with Gasteiger partial charge >= 0.3 is 0 Å². The molecule has 0 saturated heterocycles. The van der Waals surface area contributed by atoms with Crippen molar-refractivity contribution in [1.29, 1.82) is 0 Å². The molecule has 1 atom stereocenters. The fraction of sp³-hybridized carbons (Fsp3) is 0.250. The van der Waals surface area contributed by atoms with Crippen LogP contribution in [0.15, 0.2) is 29.9 Å². The maximum Gasteiger partial charge on any atom is 0.0794 e. The highest BCUT2D eigenvalue weighted by Gasteiger charge is 2.12. The van der Waals surface area contributed by atoms with Gasteiger partial charge in [0.2, 0.25) is 0 Å². The van der Waals surface area contributed by atoms with Crippen LogP contribution in [0.2, 0.25) is 0 Å². The molecule has 0 aliphatic rings. The van der Waals surface area contributed by atoms with Crippen LogP contribution in [0.3, 0.4) is 0 Å². The Kier molecular flexibility index (Phi) is 2.84. The lowest BCUT2D eigenvalue weighted by Crippen LogP contribution is -2.11. The molecule has 1 heterocycles. The number of nitrogens with two attached hydrogens (primary N) is 1. The smallest absolute Gasteiger partial charge is 0.0794 e. The molecule has 2 N–H and O–H groups in total. The fourth-order valence-electron chi connectivity index (χ4n) is 1.71. The maximum atomic E-state index is 6.18. The van der Waals surface area contributed by atoms with E-state index in [1.165, 1.54) is 16.7 Å². The fourth-order valence-corrected chi connectivity index (χ4v) is 2.35. The summed E-state index contributed by atoms with van der Waals surface area (Å²) in [5, 5.41) is 0. The number of thiazole rings is 1. The summed E-state index contributed by atoms with van der Waals surface area (Å²) >= 11 is 1.60. The molecule has 0 aliphatic heterocycles. The summed E-state index contributed by atoms with van der Waals surface area (Å²) in [6.45, 7) is 4.19. The molecule has 1 aromatic heterocycles. The maximum absolute atomic E-state index is 6.18. The third-order valence-corrected chi connectivity index (χ3v) is 3.38. The highest BCUT2D eigenvalue weighted by Crippen LogP contribution is 2.25. The average molecular weight is 218 g/mol. The van der Waals surface area contributed by atoms with E-state index in [0.29, 0.717) is 0 Å². The van der Waals surface area contributed by atoms with Gasteiger partial charge in [0, 0.05) is 11.1 Å². The van der Waals surface area contributed by atoms with Crippen LogP contribution in [0.4, 0.5) is 0 Å². The minimum absolute atomic E-state index is 0.0434. The molecule has 1 aromatic carbocycles. The molecule has 2 aromatic rings. The normalized spacial score (nSPS) is 12.7. The van der Waals surface area contributed by atoms with Crippen molar-refractivity contribution in [1.82, 2.24) is 4.98 Å². The van der Waals surface area contributed by atoms with Crippen molar-refractivity contribution in [2.75, 3.05) is 0 Å². The van der Waals surface area contributed by atoms with Gasteiger partial charge in [0.05, 0.1) is 11.6 Å². The van der Waals surface area contributed by atoms with Crippen LogP contribution < -0.4 is 5.73 Å². The SMILES string of the molecule is Cc1ccc([C@@H](N)c2cncs2)c(C)c1. The predicted molar refractivity (Wildman–Crippen MR) is 64.1 cm³/mol. The molecule has 0 fully saturated rings. The lowest BCUT2D eigenvalue weighted by molar-refractivity contribution is 0.877. The molecule has 3 heteroatoms. The van der Waals surface area contributed by atoms with Gasteiger partial charge in [-0.05, 0) is 25.0 Å². The highest BCUT2D eigenvalue weighted by molar-refractivity contribution is 7.09. The van der Waals surface area contributed by atoms with Gasteiger partial charge in [-0.2, -0.15) is 0 Å². The molecule has 0 aliphatic carbocycles. The molecule has 0 saturated carbocycles. The monoisotopic (exact) mass is 218 g/mol. The largest absolute Gasteiger partial charge is 0.320 e. The summed E-state index contributed by atoms with van der Waals surface area (Å²) < 4.78 is 0. The van der Waals surface area contributed by atoms with Crippen LogP contribution in [0.25, 0.3) is 0 Å². The van der Waals surface area contributed by atoms with Crippen molar-refractivity contribution >= 4 is 11.3 Å². The van der Waals surface area contributed by atoms with E-state index in [1.54, 1.807) is 11.3 Å². The van der Waals surface area contributed by atoms with Crippen molar-refractivity contribution in [2.24, 2.45) is 5.73 Å². The van der Waals surface area contributed by atoms with E-state index in [-0.39, 0.29) is 6.04 Å². The first kappa shape index (κ1) is 10.3. The van der Waals surface area contributed by atoms with E-state index in [9.17, 15) is 0 Å². The molecular weight excluding hydrogens is 204 g/mol. The molecule has 0 spiro atoms. The summed E-state index contributed by atoms with van der Waals surface area (Å²) in [6, 6.07) is 6.33. The number of hydrogen-bond donors (Lipinski definition) is 1. The Hall–Kier alpha value is -1.19. The Morgan fingerprint density at radius 2 is 2.13 bits per heavy atom. The van der Waals surface area contributed by atoms with Gasteiger partial charge < -0.3 is 5.73 Å². The van der Waals surface area contributed by atoms with E-state index < -0.39 is 0 Å². The van der Waals surface area contributed by atoms with Gasteiger partial charge in [-0.3, -0.25) is 4.98 Å². The van der Waals surface area contributed by atoms with E-state index in [4.69, 9.17) is 5.73 Å². The molecule has 0 radical (unpaired) electrons. The zero-order valence-corrected chi connectivity index (χ0v) is 9.71. The topological polar surface area (TPSA) is 38.9 Å². The molecule has 2 rings (SSSR count). The highest BCUT2D eigenvalue weighted by atomic mass is 32.1. The lowest BCUT2D eigenvalue weighted by atomic mass is 9.99. The van der Waals surface area contributed by atoms with E-state index in [1.807, 2.05) is 11.7 Å². The minimum atomic E-state index is -0.0434. The summed E-state index contributed by atoms with van der Waals surface area (Å²) in [4.78, 5) is 5.17. The van der Waals surface area contributed by atoms with Crippen LogP contribution in [0.1, 0.15) is 27.6 Å². The van der Waals surface area contributed by atoms with E-state index in [0.717, 1.165) is 4.88 Å². The quantitative estimate of drug-likeness (QED) is 0.841. The van der Waals surface area contributed by atoms with Gasteiger partial charge in [-0.25, -0.2) is 0 Å². The van der Waals surface area contributed by atoms with Gasteiger partial charge in [0.25, 0.3) is 0 Å². The Morgan fingerprint density at radius 1 is 1.33 bits per heavy atom. The minimum Gasteiger partial charge on any atom is -0.320 e. The zero-order chi connectivity index (χ0) is 10.8. The molecular formula is C12H14N2S. The van der Waals surface area contributed by atoms with E-state index >= 15 is 0 Å². The second-order valence-electron chi connectivity index (χ2n) is 3.74. The van der Waals surface area contributed by atoms with Crippen LogP contribution in [-0.2, 0) is 0 Å². The van der Waals surface area contributed by atoms with Gasteiger partial charge in [0.15, 0.2) is 0 Å². The molecule has 0 unspecified atom stereocenters. The Balaban J connectivity index is 2.38. The Morgan fingerprint density at radius 3 is 2.73 bits per heavy atom. The number of rotatable bonds is 2. The zero-order valence-electron chi connectivity index (χ0n) is 8.90. The van der Waals surface area contributed by atoms with Crippen LogP contribution in [0, 0.1) is 13.8 Å². The van der Waals surface area contributed by atoms with Crippen molar-refractivity contribution in [3.05, 3.63) is 51.5 Å². The van der Waals surface area contributed by atoms with Crippen molar-refractivity contribution in [3.63, 3.8) is 0 Å². The first-order valence-electron chi connectivity index (χ1n) is 4.89. The summed E-state index contributed by atoms with van der Waals surface area (Å²) in [7, 11) is 0. The standard InChI is InChI=1S/C12H14N2S/c1-8-3-4-10(9(2)5-8)12(13)11-6-14-7-15-11/h3-7,12H,13H2,1-2H3/t12-/m1/s1. The summed E-state index contributed by atoms with van der Waals surface area (Å²) in [5.74, 6) is 0. The lowest BCUT2D eigenvalue weighted by Gasteiger charge is -2.13. The number of aryl methyl sites for hydroxylation is 2. The van der Waals surface area contributed by atoms with Gasteiger partial charge in [0.1, 0.15) is 0 Å². The van der Waals surface area contributed by atoms with E-state index in [2.05, 4.69) is 37.0 Å². The first-order chi connectivity index (χ1) is 7.18. The van der Waals surface area contributed by atoms with Crippen molar-refractivity contribution < 1.29 is 0 Å². The van der Waals surface area contributed by atoms with Gasteiger partial charge in [-0.15, -0.1) is 11.3 Å². The Bertz CT molecular complexity index is 449. The third-order valence-electron chi connectivity index (χ3n) is 2.52. The summed E-state index contributed by atoms with van der Waals surface area (Å²) in [6.07, 6.45) is 1.84. The molecule has 15 heavy (non-hydrogen) atoms. The molecule has 78 valence electrons. The van der Waals surface area contributed by atoms with Gasteiger partial charge in [-0.1, -0.05) is 23.8 Å². The second-order valence-corrected chi connectivity index (χ2v) is 4.66.